The van der Waals surface area contributed by atoms with Crippen molar-refractivity contribution in [2.45, 2.75) is 59.5 Å². The van der Waals surface area contributed by atoms with Crippen LogP contribution in [0.4, 0.5) is 0 Å². The van der Waals surface area contributed by atoms with Crippen molar-refractivity contribution in [2.75, 3.05) is 7.11 Å². The molecule has 0 N–H and O–H groups in total. The second-order valence-electron chi connectivity index (χ2n) is 5.54. The van der Waals surface area contributed by atoms with E-state index in [9.17, 15) is 9.59 Å². The first-order valence-corrected chi connectivity index (χ1v) is 5.95. The van der Waals surface area contributed by atoms with Crippen molar-refractivity contribution in [2.24, 2.45) is 5.41 Å². The summed E-state index contributed by atoms with van der Waals surface area (Å²) in [7, 11) is 1.36. The number of esters is 2. The summed E-state index contributed by atoms with van der Waals surface area (Å²) >= 11 is 0. The van der Waals surface area contributed by atoms with E-state index in [1.54, 1.807) is 13.8 Å². The predicted molar refractivity (Wildman–Crippen MR) is 65.5 cm³/mol. The van der Waals surface area contributed by atoms with Crippen LogP contribution in [0.1, 0.15) is 53.9 Å². The third kappa shape index (κ3) is 5.71. The Balaban J connectivity index is 4.53. The highest BCUT2D eigenvalue weighted by Crippen LogP contribution is 2.31. The third-order valence-electron chi connectivity index (χ3n) is 2.45. The molecule has 0 radical (unpaired) electrons. The summed E-state index contributed by atoms with van der Waals surface area (Å²) < 4.78 is 10.1. The molecule has 0 aromatic rings. The van der Waals surface area contributed by atoms with Gasteiger partial charge in [0.25, 0.3) is 0 Å². The van der Waals surface area contributed by atoms with Crippen molar-refractivity contribution in [3.63, 3.8) is 0 Å². The second-order valence-corrected chi connectivity index (χ2v) is 5.54. The van der Waals surface area contributed by atoms with Crippen LogP contribution in [0, 0.1) is 5.41 Å². The molecule has 0 bridgehead atoms. The summed E-state index contributed by atoms with van der Waals surface area (Å²) in [5.74, 6) is -0.518. The lowest BCUT2D eigenvalue weighted by Gasteiger charge is -2.32. The van der Waals surface area contributed by atoms with Crippen molar-refractivity contribution in [1.82, 2.24) is 0 Å². The number of hydrogen-bond donors (Lipinski definition) is 0. The quantitative estimate of drug-likeness (QED) is 0.674. The van der Waals surface area contributed by atoms with Crippen molar-refractivity contribution in [3.8, 4) is 0 Å². The molecule has 17 heavy (non-hydrogen) atoms. The Hall–Kier alpha value is -1.06. The van der Waals surface area contributed by atoms with Crippen molar-refractivity contribution >= 4 is 11.9 Å². The molecule has 0 unspecified atom stereocenters. The molecule has 0 saturated heterocycles. The van der Waals surface area contributed by atoms with Gasteiger partial charge in [-0.1, -0.05) is 6.92 Å². The normalized spacial score (nSPS) is 12.1. The lowest BCUT2D eigenvalue weighted by molar-refractivity contribution is -0.166. The molecule has 0 amide bonds. The minimum Gasteiger partial charge on any atom is -0.469 e. The van der Waals surface area contributed by atoms with E-state index in [4.69, 9.17) is 9.47 Å². The zero-order chi connectivity index (χ0) is 13.7. The highest BCUT2D eigenvalue weighted by molar-refractivity contribution is 5.76. The summed E-state index contributed by atoms with van der Waals surface area (Å²) in [6.07, 6.45) is 1.60. The molecule has 0 aliphatic heterocycles. The van der Waals surface area contributed by atoms with Gasteiger partial charge in [0.05, 0.1) is 12.5 Å². The van der Waals surface area contributed by atoms with Gasteiger partial charge in [0, 0.05) is 12.8 Å². The fraction of sp³-hybridized carbons (Fsp3) is 0.846. The van der Waals surface area contributed by atoms with E-state index in [1.807, 2.05) is 20.8 Å². The van der Waals surface area contributed by atoms with Gasteiger partial charge in [-0.05, 0) is 34.1 Å². The molecule has 0 saturated carbocycles. The maximum atomic E-state index is 11.6. The zero-order valence-electron chi connectivity index (χ0n) is 11.8. The Kier molecular flexibility index (Phi) is 5.66. The zero-order valence-corrected chi connectivity index (χ0v) is 11.8. The SMILES string of the molecule is CCCC(=O)OC(C)(C)CC(C)(C)C(=O)OC. The van der Waals surface area contributed by atoms with Gasteiger partial charge in [-0.25, -0.2) is 0 Å². The summed E-state index contributed by atoms with van der Waals surface area (Å²) in [4.78, 5) is 23.0. The number of methoxy groups -OCH3 is 1. The highest BCUT2D eigenvalue weighted by Gasteiger charge is 2.37. The van der Waals surface area contributed by atoms with Crippen molar-refractivity contribution in [3.05, 3.63) is 0 Å². The van der Waals surface area contributed by atoms with E-state index in [1.165, 1.54) is 7.11 Å². The lowest BCUT2D eigenvalue weighted by atomic mass is 9.81. The van der Waals surface area contributed by atoms with E-state index >= 15 is 0 Å². The van der Waals surface area contributed by atoms with Crippen LogP contribution >= 0.6 is 0 Å². The standard InChI is InChI=1S/C13H24O4/c1-7-8-10(14)17-13(4,5)9-12(2,3)11(15)16-6/h7-9H2,1-6H3. The maximum Gasteiger partial charge on any atom is 0.311 e. The number of carbonyl (C=O) groups is 2. The molecule has 0 fully saturated rings. The smallest absolute Gasteiger partial charge is 0.311 e. The molecule has 0 aliphatic carbocycles. The number of hydrogen-bond acceptors (Lipinski definition) is 4. The topological polar surface area (TPSA) is 52.6 Å². The summed E-state index contributed by atoms with van der Waals surface area (Å²) in [5, 5.41) is 0. The van der Waals surface area contributed by atoms with Crippen molar-refractivity contribution < 1.29 is 19.1 Å². The molecular formula is C13H24O4. The van der Waals surface area contributed by atoms with Gasteiger partial charge < -0.3 is 9.47 Å². The van der Waals surface area contributed by atoms with Gasteiger partial charge in [0.2, 0.25) is 0 Å². The van der Waals surface area contributed by atoms with Gasteiger partial charge in [-0.15, -0.1) is 0 Å². The van der Waals surface area contributed by atoms with Gasteiger partial charge in [0.1, 0.15) is 5.60 Å². The number of ether oxygens (including phenoxy) is 2. The predicted octanol–water partition coefficient (Wildman–Crippen LogP) is 2.70. The van der Waals surface area contributed by atoms with Crippen LogP contribution in [0.5, 0.6) is 0 Å². The van der Waals surface area contributed by atoms with Gasteiger partial charge in [-0.2, -0.15) is 0 Å². The molecular weight excluding hydrogens is 220 g/mol. The molecule has 0 aromatic heterocycles. The molecule has 4 nitrogen and oxygen atoms in total. The third-order valence-corrected chi connectivity index (χ3v) is 2.45. The van der Waals surface area contributed by atoms with Crippen LogP contribution in [0.2, 0.25) is 0 Å². The Morgan fingerprint density at radius 3 is 2.06 bits per heavy atom. The van der Waals surface area contributed by atoms with E-state index < -0.39 is 11.0 Å². The van der Waals surface area contributed by atoms with E-state index in [0.29, 0.717) is 12.8 Å². The number of carbonyl (C=O) groups excluding carboxylic acids is 2. The van der Waals surface area contributed by atoms with Crippen LogP contribution in [-0.2, 0) is 19.1 Å². The Morgan fingerprint density at radius 2 is 1.65 bits per heavy atom. The fourth-order valence-corrected chi connectivity index (χ4v) is 2.01. The lowest BCUT2D eigenvalue weighted by Crippen LogP contribution is -2.38. The summed E-state index contributed by atoms with van der Waals surface area (Å²) in [5.41, 5.74) is -1.32. The van der Waals surface area contributed by atoms with Crippen LogP contribution in [0.3, 0.4) is 0 Å². The van der Waals surface area contributed by atoms with E-state index in [2.05, 4.69) is 0 Å². The van der Waals surface area contributed by atoms with Crippen LogP contribution in [0.25, 0.3) is 0 Å². The Labute approximate surface area is 104 Å². The first-order chi connectivity index (χ1) is 7.64. The molecule has 100 valence electrons. The van der Waals surface area contributed by atoms with Crippen LogP contribution < -0.4 is 0 Å². The minimum absolute atomic E-state index is 0.224. The minimum atomic E-state index is -0.663. The van der Waals surface area contributed by atoms with Gasteiger partial charge >= 0.3 is 11.9 Å². The summed E-state index contributed by atoms with van der Waals surface area (Å²) in [6.45, 7) is 9.12. The molecule has 0 aromatic carbocycles. The van der Waals surface area contributed by atoms with Crippen molar-refractivity contribution in [1.29, 1.82) is 0 Å². The average molecular weight is 244 g/mol. The monoisotopic (exact) mass is 244 g/mol. The molecule has 0 aliphatic rings. The highest BCUT2D eigenvalue weighted by atomic mass is 16.6. The maximum absolute atomic E-state index is 11.6. The average Bonchev–Trinajstić information content (AvgIpc) is 2.13. The second kappa shape index (κ2) is 6.03. The van der Waals surface area contributed by atoms with Crippen LogP contribution in [0.15, 0.2) is 0 Å². The molecule has 0 atom stereocenters. The molecule has 4 heteroatoms. The van der Waals surface area contributed by atoms with E-state index in [-0.39, 0.29) is 11.9 Å². The molecule has 0 spiro atoms. The Bertz CT molecular complexity index is 279. The molecule has 0 heterocycles. The fourth-order valence-electron chi connectivity index (χ4n) is 2.01. The summed E-state index contributed by atoms with van der Waals surface area (Å²) in [6, 6.07) is 0. The largest absolute Gasteiger partial charge is 0.469 e. The Morgan fingerprint density at radius 1 is 1.12 bits per heavy atom. The van der Waals surface area contributed by atoms with Crippen LogP contribution in [-0.4, -0.2) is 24.6 Å². The first kappa shape index (κ1) is 15.9. The van der Waals surface area contributed by atoms with E-state index in [0.717, 1.165) is 6.42 Å². The first-order valence-electron chi connectivity index (χ1n) is 5.95. The van der Waals surface area contributed by atoms with Gasteiger partial charge in [-0.3, -0.25) is 9.59 Å². The van der Waals surface area contributed by atoms with Gasteiger partial charge in [0.15, 0.2) is 0 Å². The number of rotatable bonds is 6. The molecule has 0 rings (SSSR count).